The summed E-state index contributed by atoms with van der Waals surface area (Å²) in [5, 5.41) is 10.4. The van der Waals surface area contributed by atoms with E-state index in [2.05, 4.69) is 4.98 Å². The van der Waals surface area contributed by atoms with E-state index in [9.17, 15) is 9.90 Å². The SMILES string of the molecule is O=C([O-])c1ccc(OCCCCCl)cn1.[Ca+2].[Ca+2]. The van der Waals surface area contributed by atoms with Crippen molar-refractivity contribution in [1.29, 1.82) is 0 Å². The van der Waals surface area contributed by atoms with Gasteiger partial charge in [0.15, 0.2) is 0 Å². The Balaban J connectivity index is 0. The fourth-order valence-corrected chi connectivity index (χ4v) is 1.16. The van der Waals surface area contributed by atoms with Crippen molar-refractivity contribution in [3.05, 3.63) is 24.0 Å². The standard InChI is InChI=1S/C10H12ClNO3.2Ca/c11-5-1-2-6-15-8-3-4-9(10(13)14)12-7-8;;/h3-4,7H,1-2,5-6H2,(H,13,14);;/q;2*+2/p-1. The molecule has 0 saturated heterocycles. The molecular weight excluding hydrogens is 298 g/mol. The van der Waals surface area contributed by atoms with Crippen molar-refractivity contribution >= 4 is 93.0 Å². The Morgan fingerprint density at radius 1 is 1.35 bits per heavy atom. The van der Waals surface area contributed by atoms with Gasteiger partial charge >= 0.3 is 75.5 Å². The second-order valence-electron chi connectivity index (χ2n) is 2.91. The molecule has 0 fully saturated rings. The van der Waals surface area contributed by atoms with Gasteiger partial charge in [-0.1, -0.05) is 0 Å². The summed E-state index contributed by atoms with van der Waals surface area (Å²) >= 11 is 5.50. The third-order valence-electron chi connectivity index (χ3n) is 1.74. The van der Waals surface area contributed by atoms with Gasteiger partial charge in [0.25, 0.3) is 0 Å². The number of unbranched alkanes of at least 4 members (excludes halogenated alkanes) is 1. The zero-order chi connectivity index (χ0) is 11.1. The molecule has 0 aliphatic carbocycles. The summed E-state index contributed by atoms with van der Waals surface area (Å²) in [6, 6.07) is 2.91. The number of carbonyl (C=O) groups excluding carboxylic acids is 1. The minimum Gasteiger partial charge on any atom is -0.543 e. The molecule has 0 spiro atoms. The van der Waals surface area contributed by atoms with E-state index in [1.807, 2.05) is 0 Å². The molecule has 1 rings (SSSR count). The molecule has 0 N–H and O–H groups in total. The maximum Gasteiger partial charge on any atom is 2.00 e. The number of pyridine rings is 1. The zero-order valence-corrected chi connectivity index (χ0v) is 14.7. The van der Waals surface area contributed by atoms with Crippen LogP contribution in [0.3, 0.4) is 0 Å². The van der Waals surface area contributed by atoms with Crippen LogP contribution in [0.15, 0.2) is 18.3 Å². The number of ether oxygens (including phenoxy) is 1. The molecule has 0 bridgehead atoms. The van der Waals surface area contributed by atoms with Gasteiger partial charge in [-0.15, -0.1) is 11.6 Å². The maximum absolute atomic E-state index is 10.4. The van der Waals surface area contributed by atoms with Gasteiger partial charge in [0, 0.05) is 5.88 Å². The number of halogens is 1. The quantitative estimate of drug-likeness (QED) is 0.424. The molecule has 82 valence electrons. The molecule has 0 aliphatic rings. The Hall–Kier alpha value is 1.23. The molecule has 0 aliphatic heterocycles. The number of alkyl halides is 1. The van der Waals surface area contributed by atoms with Crippen molar-refractivity contribution in [2.24, 2.45) is 0 Å². The van der Waals surface area contributed by atoms with Gasteiger partial charge < -0.3 is 14.6 Å². The van der Waals surface area contributed by atoms with Crippen LogP contribution in [0.2, 0.25) is 0 Å². The smallest absolute Gasteiger partial charge is 0.543 e. The Morgan fingerprint density at radius 3 is 2.53 bits per heavy atom. The van der Waals surface area contributed by atoms with Crippen molar-refractivity contribution in [3.8, 4) is 5.75 Å². The third kappa shape index (κ3) is 8.87. The van der Waals surface area contributed by atoms with E-state index in [4.69, 9.17) is 16.3 Å². The van der Waals surface area contributed by atoms with Crippen molar-refractivity contribution < 1.29 is 14.6 Å². The predicted octanol–water partition coefficient (Wildman–Crippen LogP) is 0.0813. The van der Waals surface area contributed by atoms with Gasteiger partial charge in [-0.3, -0.25) is 4.98 Å². The largest absolute Gasteiger partial charge is 2.00 e. The first-order chi connectivity index (χ1) is 7.24. The summed E-state index contributed by atoms with van der Waals surface area (Å²) in [6.07, 6.45) is 3.13. The number of hydrogen-bond donors (Lipinski definition) is 0. The fraction of sp³-hybridized carbons (Fsp3) is 0.400. The molecule has 0 atom stereocenters. The number of nitrogens with zero attached hydrogens (tertiary/aromatic N) is 1. The van der Waals surface area contributed by atoms with Gasteiger partial charge in [0.05, 0.1) is 24.5 Å². The van der Waals surface area contributed by atoms with E-state index < -0.39 is 5.97 Å². The number of carboxylic acid groups (broad SMARTS) is 1. The second kappa shape index (κ2) is 12.3. The normalized spacial score (nSPS) is 8.76. The number of carboxylic acids is 1. The number of aromatic nitrogens is 1. The molecule has 7 heteroatoms. The average molecular weight is 309 g/mol. The van der Waals surface area contributed by atoms with Crippen LogP contribution in [-0.2, 0) is 0 Å². The van der Waals surface area contributed by atoms with Crippen LogP contribution < -0.4 is 9.84 Å². The molecule has 4 nitrogen and oxygen atoms in total. The van der Waals surface area contributed by atoms with E-state index in [1.165, 1.54) is 12.3 Å². The summed E-state index contributed by atoms with van der Waals surface area (Å²) in [5.74, 6) is -0.121. The van der Waals surface area contributed by atoms with E-state index in [1.54, 1.807) is 6.07 Å². The second-order valence-corrected chi connectivity index (χ2v) is 3.29. The fourth-order valence-electron chi connectivity index (χ4n) is 0.973. The first kappa shape index (κ1) is 20.5. The van der Waals surface area contributed by atoms with Crippen LogP contribution in [0.1, 0.15) is 23.3 Å². The zero-order valence-electron chi connectivity index (χ0n) is 9.52. The third-order valence-corrected chi connectivity index (χ3v) is 2.01. The maximum atomic E-state index is 10.4. The molecule has 0 saturated carbocycles. The molecule has 0 amide bonds. The summed E-state index contributed by atoms with van der Waals surface area (Å²) in [6.45, 7) is 0.555. The van der Waals surface area contributed by atoms with Crippen LogP contribution in [0, 0.1) is 0 Å². The molecule has 1 heterocycles. The van der Waals surface area contributed by atoms with E-state index in [-0.39, 0.29) is 81.2 Å². The van der Waals surface area contributed by atoms with Crippen LogP contribution in [0.25, 0.3) is 0 Å². The summed E-state index contributed by atoms with van der Waals surface area (Å²) < 4.78 is 5.31. The predicted molar refractivity (Wildman–Crippen MR) is 65.5 cm³/mol. The van der Waals surface area contributed by atoms with Crippen molar-refractivity contribution in [3.63, 3.8) is 0 Å². The minimum absolute atomic E-state index is 0. The summed E-state index contributed by atoms with van der Waals surface area (Å²) in [7, 11) is 0. The topological polar surface area (TPSA) is 62.2 Å². The Morgan fingerprint density at radius 2 is 2.06 bits per heavy atom. The molecule has 0 radical (unpaired) electrons. The molecule has 17 heavy (non-hydrogen) atoms. The Kier molecular flexibility index (Phi) is 14.8. The Labute approximate surface area is 165 Å². The van der Waals surface area contributed by atoms with Crippen molar-refractivity contribution in [2.75, 3.05) is 12.5 Å². The van der Waals surface area contributed by atoms with Gasteiger partial charge in [0.1, 0.15) is 5.75 Å². The first-order valence-electron chi connectivity index (χ1n) is 4.60. The Bertz CT molecular complexity index is 322. The first-order valence-corrected chi connectivity index (χ1v) is 5.13. The van der Waals surface area contributed by atoms with Crippen molar-refractivity contribution in [1.82, 2.24) is 4.98 Å². The number of aromatic carboxylic acids is 1. The summed E-state index contributed by atoms with van der Waals surface area (Å²) in [5.41, 5.74) is -0.0943. The molecule has 0 aromatic carbocycles. The number of rotatable bonds is 6. The van der Waals surface area contributed by atoms with E-state index in [0.717, 1.165) is 12.8 Å². The average Bonchev–Trinajstić information content (AvgIpc) is 2.25. The molecular formula is C10H11Ca2ClNO3+3. The molecule has 0 unspecified atom stereocenters. The van der Waals surface area contributed by atoms with Crippen molar-refractivity contribution in [2.45, 2.75) is 12.8 Å². The van der Waals surface area contributed by atoms with Gasteiger partial charge in [-0.2, -0.15) is 0 Å². The molecule has 1 aromatic heterocycles. The van der Waals surface area contributed by atoms with Gasteiger partial charge in [-0.25, -0.2) is 0 Å². The molecule has 1 aromatic rings. The monoisotopic (exact) mass is 308 g/mol. The van der Waals surface area contributed by atoms with E-state index in [0.29, 0.717) is 18.2 Å². The van der Waals surface area contributed by atoms with Crippen LogP contribution >= 0.6 is 11.6 Å². The van der Waals surface area contributed by atoms with Crippen LogP contribution in [0.5, 0.6) is 5.75 Å². The number of carbonyl (C=O) groups is 1. The van der Waals surface area contributed by atoms with Gasteiger partial charge in [0.2, 0.25) is 0 Å². The minimum atomic E-state index is -1.29. The van der Waals surface area contributed by atoms with Crippen LogP contribution in [-0.4, -0.2) is 98.9 Å². The number of hydrogen-bond acceptors (Lipinski definition) is 4. The van der Waals surface area contributed by atoms with E-state index >= 15 is 0 Å². The summed E-state index contributed by atoms with van der Waals surface area (Å²) in [4.78, 5) is 14.0. The van der Waals surface area contributed by atoms with Crippen LogP contribution in [0.4, 0.5) is 0 Å². The van der Waals surface area contributed by atoms with Gasteiger partial charge in [-0.05, 0) is 25.0 Å².